The van der Waals surface area contributed by atoms with Crippen LogP contribution in [0.15, 0.2) is 29.5 Å². The fourth-order valence-electron chi connectivity index (χ4n) is 2.84. The third-order valence-corrected chi connectivity index (χ3v) is 3.88. The van der Waals surface area contributed by atoms with Crippen LogP contribution in [0.1, 0.15) is 19.4 Å². The van der Waals surface area contributed by atoms with Gasteiger partial charge in [-0.1, -0.05) is 0 Å². The number of nitrogens with zero attached hydrogens (tertiary/aromatic N) is 3. The molecule has 0 atom stereocenters. The van der Waals surface area contributed by atoms with E-state index in [0.29, 0.717) is 22.8 Å². The number of benzene rings is 1. The van der Waals surface area contributed by atoms with Crippen LogP contribution in [-0.4, -0.2) is 27.2 Å². The summed E-state index contributed by atoms with van der Waals surface area (Å²) in [6.07, 6.45) is 2.99. The van der Waals surface area contributed by atoms with E-state index in [1.54, 1.807) is 11.1 Å². The average molecular weight is 328 g/mol. The smallest absolute Gasteiger partial charge is 0.202 e. The maximum absolute atomic E-state index is 13.9. The lowest BCUT2D eigenvalue weighted by atomic mass is 10.1. The predicted molar refractivity (Wildman–Crippen MR) is 90.1 cm³/mol. The monoisotopic (exact) mass is 328 g/mol. The number of hydrogen-bond donors (Lipinski definition) is 3. The normalized spacial score (nSPS) is 14.2. The number of aliphatic imine (C=N–C) groups is 1. The lowest BCUT2D eigenvalue weighted by Gasteiger charge is -2.29. The molecule has 0 amide bonds. The molecule has 4 N–H and O–H groups in total. The van der Waals surface area contributed by atoms with Gasteiger partial charge in [0.1, 0.15) is 17.4 Å². The molecule has 0 aliphatic carbocycles. The van der Waals surface area contributed by atoms with Crippen LogP contribution in [0.5, 0.6) is 5.75 Å². The average Bonchev–Trinajstić information content (AvgIpc) is 3.13. The number of nitrogens with one attached hydrogen (secondary N) is 2. The van der Waals surface area contributed by atoms with Gasteiger partial charge in [-0.2, -0.15) is 5.10 Å². The Labute approximate surface area is 137 Å². The molecule has 0 saturated carbocycles. The molecule has 0 spiro atoms. The zero-order valence-electron chi connectivity index (χ0n) is 13.3. The molecule has 8 heteroatoms. The highest BCUT2D eigenvalue weighted by Gasteiger charge is 2.28. The third-order valence-electron chi connectivity index (χ3n) is 3.88. The van der Waals surface area contributed by atoms with E-state index in [4.69, 9.17) is 10.5 Å². The third kappa shape index (κ3) is 2.18. The number of halogens is 1. The maximum atomic E-state index is 13.9. The Morgan fingerprint density at radius 3 is 3.00 bits per heavy atom. The van der Waals surface area contributed by atoms with Gasteiger partial charge in [0.25, 0.3) is 0 Å². The van der Waals surface area contributed by atoms with Crippen LogP contribution in [-0.2, 0) is 6.54 Å². The molecule has 1 aliphatic rings. The van der Waals surface area contributed by atoms with E-state index in [1.807, 2.05) is 26.0 Å². The molecule has 7 nitrogen and oxygen atoms in total. The minimum Gasteiger partial charge on any atom is -0.489 e. The van der Waals surface area contributed by atoms with Gasteiger partial charge in [0.15, 0.2) is 0 Å². The molecule has 3 heterocycles. The highest BCUT2D eigenvalue weighted by atomic mass is 19.1. The van der Waals surface area contributed by atoms with Gasteiger partial charge in [-0.3, -0.25) is 10.00 Å². The summed E-state index contributed by atoms with van der Waals surface area (Å²) in [4.78, 5) is 8.84. The Hall–Kier alpha value is -3.03. The first-order valence-corrected chi connectivity index (χ1v) is 7.64. The van der Waals surface area contributed by atoms with E-state index < -0.39 is 0 Å². The van der Waals surface area contributed by atoms with Gasteiger partial charge in [-0.15, -0.1) is 0 Å². The van der Waals surface area contributed by atoms with Crippen molar-refractivity contribution in [1.29, 1.82) is 0 Å². The first-order valence-electron chi connectivity index (χ1n) is 7.64. The van der Waals surface area contributed by atoms with E-state index >= 15 is 0 Å². The van der Waals surface area contributed by atoms with Gasteiger partial charge in [0.05, 0.1) is 35.6 Å². The van der Waals surface area contributed by atoms with Crippen molar-refractivity contribution in [3.05, 3.63) is 35.9 Å². The van der Waals surface area contributed by atoms with Crippen molar-refractivity contribution < 1.29 is 9.13 Å². The Balaban J connectivity index is 1.93. The number of H-pyrrole nitrogens is 2. The van der Waals surface area contributed by atoms with Crippen molar-refractivity contribution in [3.8, 4) is 5.75 Å². The van der Waals surface area contributed by atoms with Crippen LogP contribution in [0, 0.1) is 5.82 Å². The lowest BCUT2D eigenvalue weighted by Crippen LogP contribution is -2.37. The quantitative estimate of drug-likeness (QED) is 0.689. The summed E-state index contributed by atoms with van der Waals surface area (Å²) in [5.74, 6) is 1.13. The summed E-state index contributed by atoms with van der Waals surface area (Å²) in [7, 11) is 0. The van der Waals surface area contributed by atoms with Crippen LogP contribution in [0.2, 0.25) is 0 Å². The highest BCUT2D eigenvalue weighted by molar-refractivity contribution is 6.05. The summed E-state index contributed by atoms with van der Waals surface area (Å²) >= 11 is 0. The zero-order valence-corrected chi connectivity index (χ0v) is 13.3. The number of hydrogen-bond acceptors (Lipinski definition) is 5. The number of ether oxygens (including phenoxy) is 1. The second kappa shape index (κ2) is 5.26. The summed E-state index contributed by atoms with van der Waals surface area (Å²) in [6.45, 7) is 4.09. The summed E-state index contributed by atoms with van der Waals surface area (Å²) in [5, 5.41) is 7.86. The predicted octanol–water partition coefficient (Wildman–Crippen LogP) is 2.78. The van der Waals surface area contributed by atoms with Crippen molar-refractivity contribution in [2.75, 3.05) is 4.90 Å². The van der Waals surface area contributed by atoms with E-state index in [2.05, 4.69) is 20.2 Å². The SMILES string of the molecule is CC(C)Oc1cc2[nH]ncc2cc1N1C(N)=NCc2c(F)c[nH]c21. The van der Waals surface area contributed by atoms with Crippen LogP contribution < -0.4 is 15.4 Å². The number of nitrogens with two attached hydrogens (primary N) is 1. The second-order valence-corrected chi connectivity index (χ2v) is 5.92. The van der Waals surface area contributed by atoms with E-state index in [1.165, 1.54) is 6.20 Å². The van der Waals surface area contributed by atoms with Gasteiger partial charge in [-0.05, 0) is 19.9 Å². The molecule has 1 aromatic carbocycles. The maximum Gasteiger partial charge on any atom is 0.202 e. The molecule has 0 unspecified atom stereocenters. The fraction of sp³-hybridized carbons (Fsp3) is 0.250. The minimum absolute atomic E-state index is 0.0353. The van der Waals surface area contributed by atoms with Crippen molar-refractivity contribution in [2.24, 2.45) is 10.7 Å². The molecule has 124 valence electrons. The minimum atomic E-state index is -0.332. The fourth-order valence-corrected chi connectivity index (χ4v) is 2.84. The highest BCUT2D eigenvalue weighted by Crippen LogP contribution is 2.40. The second-order valence-electron chi connectivity index (χ2n) is 5.92. The molecule has 3 aromatic rings. The number of rotatable bonds is 3. The zero-order chi connectivity index (χ0) is 16.8. The molecular weight excluding hydrogens is 311 g/mol. The number of guanidine groups is 1. The first-order chi connectivity index (χ1) is 11.5. The van der Waals surface area contributed by atoms with Gasteiger partial charge in [0, 0.05) is 17.6 Å². The van der Waals surface area contributed by atoms with E-state index in [9.17, 15) is 4.39 Å². The number of anilines is 2. The molecule has 0 fully saturated rings. The number of aromatic nitrogens is 3. The number of aromatic amines is 2. The molecule has 2 aromatic heterocycles. The molecule has 24 heavy (non-hydrogen) atoms. The van der Waals surface area contributed by atoms with Crippen LogP contribution in [0.25, 0.3) is 10.9 Å². The van der Waals surface area contributed by atoms with E-state index in [0.717, 1.165) is 10.9 Å². The Bertz CT molecular complexity index is 941. The van der Waals surface area contributed by atoms with E-state index in [-0.39, 0.29) is 24.4 Å². The summed E-state index contributed by atoms with van der Waals surface area (Å²) < 4.78 is 19.9. The van der Waals surface area contributed by atoms with Crippen LogP contribution >= 0.6 is 0 Å². The molecule has 0 bridgehead atoms. The molecular formula is C16H17FN6O. The topological polar surface area (TPSA) is 95.3 Å². The van der Waals surface area contributed by atoms with Crippen molar-refractivity contribution in [3.63, 3.8) is 0 Å². The molecule has 4 rings (SSSR count). The molecule has 0 saturated heterocycles. The first kappa shape index (κ1) is 14.6. The summed E-state index contributed by atoms with van der Waals surface area (Å²) in [6, 6.07) is 3.76. The lowest BCUT2D eigenvalue weighted by molar-refractivity contribution is 0.243. The van der Waals surface area contributed by atoms with Crippen LogP contribution in [0.3, 0.4) is 0 Å². The Kier molecular flexibility index (Phi) is 3.19. The largest absolute Gasteiger partial charge is 0.489 e. The number of fused-ring (bicyclic) bond motifs is 2. The van der Waals surface area contributed by atoms with Crippen molar-refractivity contribution >= 4 is 28.4 Å². The van der Waals surface area contributed by atoms with Gasteiger partial charge in [-0.25, -0.2) is 9.38 Å². The van der Waals surface area contributed by atoms with Crippen LogP contribution in [0.4, 0.5) is 15.9 Å². The van der Waals surface area contributed by atoms with Crippen molar-refractivity contribution in [1.82, 2.24) is 15.2 Å². The van der Waals surface area contributed by atoms with Gasteiger partial charge in [0.2, 0.25) is 5.96 Å². The summed E-state index contributed by atoms with van der Waals surface area (Å²) in [5.41, 5.74) is 8.12. The molecule has 0 radical (unpaired) electrons. The van der Waals surface area contributed by atoms with Gasteiger partial charge < -0.3 is 15.5 Å². The Morgan fingerprint density at radius 2 is 2.21 bits per heavy atom. The van der Waals surface area contributed by atoms with Gasteiger partial charge >= 0.3 is 0 Å². The van der Waals surface area contributed by atoms with Crippen molar-refractivity contribution in [2.45, 2.75) is 26.5 Å². The Morgan fingerprint density at radius 1 is 1.38 bits per heavy atom. The standard InChI is InChI=1S/C16H17FN6O/c1-8(2)24-14-4-12-9(5-21-22-12)3-13(14)23-15-10(6-20-16(23)18)11(17)7-19-15/h3-5,7-8,19H,6H2,1-2H3,(H2,18,20)(H,21,22). The molecule has 1 aliphatic heterocycles.